The summed E-state index contributed by atoms with van der Waals surface area (Å²) < 4.78 is 0. The van der Waals surface area contributed by atoms with Gasteiger partial charge in [0.05, 0.1) is 6.42 Å². The average Bonchev–Trinajstić information content (AvgIpc) is 2.38. The van der Waals surface area contributed by atoms with Gasteiger partial charge in [-0.05, 0) is 43.3 Å². The van der Waals surface area contributed by atoms with Crippen LogP contribution in [0.2, 0.25) is 0 Å². The van der Waals surface area contributed by atoms with Crippen LogP contribution in [0.25, 0.3) is 0 Å². The molecular formula is C14H19NO2. The molecule has 1 fully saturated rings. The summed E-state index contributed by atoms with van der Waals surface area (Å²) in [6.45, 7) is 2.02. The van der Waals surface area contributed by atoms with Crippen molar-refractivity contribution in [2.75, 3.05) is 13.1 Å². The minimum absolute atomic E-state index is 0.163. The molecule has 0 aliphatic carbocycles. The summed E-state index contributed by atoms with van der Waals surface area (Å²) in [6.07, 6.45) is 2.40. The SMILES string of the molecule is O=C(O)CC(c1ccccc1)C1CCNCC1. The Labute approximate surface area is 102 Å². The van der Waals surface area contributed by atoms with Crippen LogP contribution in [-0.2, 0) is 4.79 Å². The van der Waals surface area contributed by atoms with Crippen LogP contribution in [0.4, 0.5) is 0 Å². The van der Waals surface area contributed by atoms with Crippen LogP contribution < -0.4 is 5.32 Å². The van der Waals surface area contributed by atoms with Gasteiger partial charge in [0, 0.05) is 0 Å². The Hall–Kier alpha value is -1.35. The maximum Gasteiger partial charge on any atom is 0.303 e. The fourth-order valence-corrected chi connectivity index (χ4v) is 2.69. The molecule has 0 radical (unpaired) electrons. The van der Waals surface area contributed by atoms with Crippen molar-refractivity contribution < 1.29 is 9.90 Å². The van der Waals surface area contributed by atoms with Crippen molar-refractivity contribution >= 4 is 5.97 Å². The number of nitrogens with one attached hydrogen (secondary N) is 1. The number of piperidine rings is 1. The van der Waals surface area contributed by atoms with Crippen LogP contribution in [0, 0.1) is 5.92 Å². The normalized spacial score (nSPS) is 18.8. The average molecular weight is 233 g/mol. The van der Waals surface area contributed by atoms with E-state index in [0.29, 0.717) is 5.92 Å². The van der Waals surface area contributed by atoms with E-state index in [1.54, 1.807) is 0 Å². The molecule has 1 unspecified atom stereocenters. The lowest BCUT2D eigenvalue weighted by Gasteiger charge is -2.30. The topological polar surface area (TPSA) is 49.3 Å². The second-order valence-corrected chi connectivity index (χ2v) is 4.70. The molecule has 1 aliphatic rings. The molecule has 2 N–H and O–H groups in total. The van der Waals surface area contributed by atoms with Crippen molar-refractivity contribution in [3.8, 4) is 0 Å². The summed E-state index contributed by atoms with van der Waals surface area (Å²) in [5.74, 6) is -0.0389. The third-order valence-corrected chi connectivity index (χ3v) is 3.58. The van der Waals surface area contributed by atoms with Gasteiger partial charge >= 0.3 is 5.97 Å². The summed E-state index contributed by atoms with van der Waals surface area (Å²) in [6, 6.07) is 10.1. The molecule has 17 heavy (non-hydrogen) atoms. The van der Waals surface area contributed by atoms with Gasteiger partial charge in [-0.15, -0.1) is 0 Å². The van der Waals surface area contributed by atoms with Crippen molar-refractivity contribution in [2.45, 2.75) is 25.2 Å². The first-order valence-electron chi connectivity index (χ1n) is 6.25. The number of carboxylic acids is 1. The smallest absolute Gasteiger partial charge is 0.303 e. The predicted molar refractivity (Wildman–Crippen MR) is 67.0 cm³/mol. The van der Waals surface area contributed by atoms with Crippen LogP contribution in [0.15, 0.2) is 30.3 Å². The van der Waals surface area contributed by atoms with E-state index < -0.39 is 5.97 Å². The molecule has 0 amide bonds. The second-order valence-electron chi connectivity index (χ2n) is 4.70. The molecule has 1 aromatic rings. The second kappa shape index (κ2) is 5.82. The first-order chi connectivity index (χ1) is 8.27. The van der Waals surface area contributed by atoms with Gasteiger partial charge in [-0.3, -0.25) is 4.79 Å². The van der Waals surface area contributed by atoms with E-state index in [4.69, 9.17) is 5.11 Å². The van der Waals surface area contributed by atoms with Gasteiger partial charge in [0.1, 0.15) is 0 Å². The van der Waals surface area contributed by atoms with Gasteiger partial charge in [-0.1, -0.05) is 30.3 Å². The number of aliphatic carboxylic acids is 1. The highest BCUT2D eigenvalue weighted by molar-refractivity contribution is 5.68. The molecule has 2 rings (SSSR count). The fourth-order valence-electron chi connectivity index (χ4n) is 2.69. The molecule has 92 valence electrons. The molecule has 1 aliphatic heterocycles. The van der Waals surface area contributed by atoms with Crippen LogP contribution >= 0.6 is 0 Å². The number of hydrogen-bond acceptors (Lipinski definition) is 2. The van der Waals surface area contributed by atoms with E-state index >= 15 is 0 Å². The van der Waals surface area contributed by atoms with Crippen molar-refractivity contribution in [1.82, 2.24) is 5.32 Å². The highest BCUT2D eigenvalue weighted by atomic mass is 16.4. The van der Waals surface area contributed by atoms with E-state index in [-0.39, 0.29) is 12.3 Å². The summed E-state index contributed by atoms with van der Waals surface area (Å²) in [4.78, 5) is 11.0. The van der Waals surface area contributed by atoms with Crippen LogP contribution in [-0.4, -0.2) is 24.2 Å². The first kappa shape index (κ1) is 12.1. The largest absolute Gasteiger partial charge is 0.481 e. The molecule has 0 spiro atoms. The predicted octanol–water partition coefficient (Wildman–Crippen LogP) is 2.24. The van der Waals surface area contributed by atoms with Crippen molar-refractivity contribution in [2.24, 2.45) is 5.92 Å². The van der Waals surface area contributed by atoms with Crippen molar-refractivity contribution in [1.29, 1.82) is 0 Å². The summed E-state index contributed by atoms with van der Waals surface area (Å²) >= 11 is 0. The van der Waals surface area contributed by atoms with Crippen LogP contribution in [0.3, 0.4) is 0 Å². The lowest BCUT2D eigenvalue weighted by Crippen LogP contribution is -2.31. The molecule has 1 saturated heterocycles. The number of carbonyl (C=O) groups is 1. The lowest BCUT2D eigenvalue weighted by molar-refractivity contribution is -0.137. The third kappa shape index (κ3) is 3.30. The molecule has 3 heteroatoms. The number of carboxylic acid groups (broad SMARTS) is 1. The van der Waals surface area contributed by atoms with Gasteiger partial charge in [0.15, 0.2) is 0 Å². The van der Waals surface area contributed by atoms with Gasteiger partial charge in [-0.2, -0.15) is 0 Å². The molecular weight excluding hydrogens is 214 g/mol. The Kier molecular flexibility index (Phi) is 4.15. The Morgan fingerprint density at radius 2 is 1.94 bits per heavy atom. The standard InChI is InChI=1S/C14H19NO2/c16-14(17)10-13(11-4-2-1-3-5-11)12-6-8-15-9-7-12/h1-5,12-13,15H,6-10H2,(H,16,17). The zero-order chi connectivity index (χ0) is 12.1. The highest BCUT2D eigenvalue weighted by Gasteiger charge is 2.26. The van der Waals surface area contributed by atoms with Gasteiger partial charge in [0.25, 0.3) is 0 Å². The highest BCUT2D eigenvalue weighted by Crippen LogP contribution is 2.33. The molecule has 0 bridgehead atoms. The lowest BCUT2D eigenvalue weighted by atomic mass is 9.78. The molecule has 0 saturated carbocycles. The van der Waals surface area contributed by atoms with E-state index in [2.05, 4.69) is 17.4 Å². The van der Waals surface area contributed by atoms with Crippen LogP contribution in [0.1, 0.15) is 30.7 Å². The minimum Gasteiger partial charge on any atom is -0.481 e. The monoisotopic (exact) mass is 233 g/mol. The number of rotatable bonds is 4. The zero-order valence-electron chi connectivity index (χ0n) is 9.93. The van der Waals surface area contributed by atoms with E-state index in [1.165, 1.54) is 5.56 Å². The van der Waals surface area contributed by atoms with E-state index in [0.717, 1.165) is 25.9 Å². The third-order valence-electron chi connectivity index (χ3n) is 3.58. The van der Waals surface area contributed by atoms with Gasteiger partial charge in [0.2, 0.25) is 0 Å². The minimum atomic E-state index is -0.697. The van der Waals surface area contributed by atoms with E-state index in [1.807, 2.05) is 18.2 Å². The molecule has 0 aromatic heterocycles. The van der Waals surface area contributed by atoms with Gasteiger partial charge in [-0.25, -0.2) is 0 Å². The van der Waals surface area contributed by atoms with E-state index in [9.17, 15) is 4.79 Å². The van der Waals surface area contributed by atoms with Gasteiger partial charge < -0.3 is 10.4 Å². The fraction of sp³-hybridized carbons (Fsp3) is 0.500. The number of hydrogen-bond donors (Lipinski definition) is 2. The molecule has 1 atom stereocenters. The molecule has 3 nitrogen and oxygen atoms in total. The summed E-state index contributed by atoms with van der Waals surface area (Å²) in [5, 5.41) is 12.4. The maximum absolute atomic E-state index is 11.0. The van der Waals surface area contributed by atoms with Crippen molar-refractivity contribution in [3.63, 3.8) is 0 Å². The molecule has 1 aromatic carbocycles. The maximum atomic E-state index is 11.0. The Morgan fingerprint density at radius 1 is 1.29 bits per heavy atom. The zero-order valence-corrected chi connectivity index (χ0v) is 9.93. The summed E-state index contributed by atoms with van der Waals surface area (Å²) in [5.41, 5.74) is 1.17. The number of benzene rings is 1. The Bertz CT molecular complexity index is 358. The first-order valence-corrected chi connectivity index (χ1v) is 6.25. The summed E-state index contributed by atoms with van der Waals surface area (Å²) in [7, 11) is 0. The molecule has 1 heterocycles. The quantitative estimate of drug-likeness (QED) is 0.838. The van der Waals surface area contributed by atoms with Crippen molar-refractivity contribution in [3.05, 3.63) is 35.9 Å². The Balaban J connectivity index is 2.15. The van der Waals surface area contributed by atoms with Crippen LogP contribution in [0.5, 0.6) is 0 Å². The Morgan fingerprint density at radius 3 is 2.53 bits per heavy atom.